The van der Waals surface area contributed by atoms with Gasteiger partial charge >= 0.3 is 0 Å². The summed E-state index contributed by atoms with van der Waals surface area (Å²) in [6.45, 7) is 9.25. The van der Waals surface area contributed by atoms with Crippen LogP contribution in [0.4, 0.5) is 5.69 Å². The normalized spacial score (nSPS) is 19.4. The third-order valence-corrected chi connectivity index (χ3v) is 4.99. The Kier molecular flexibility index (Phi) is 5.51. The fraction of sp³-hybridized carbons (Fsp3) is 0.579. The molecule has 2 aliphatic heterocycles. The molecule has 0 aliphatic carbocycles. The van der Waals surface area contributed by atoms with Crippen molar-refractivity contribution in [3.8, 4) is 0 Å². The average molecular weight is 328 g/mol. The van der Waals surface area contributed by atoms with Gasteiger partial charge in [0.1, 0.15) is 0 Å². The van der Waals surface area contributed by atoms with Crippen LogP contribution in [0.3, 0.4) is 0 Å². The number of amides is 1. The Bertz CT molecular complexity index is 588. The summed E-state index contributed by atoms with van der Waals surface area (Å²) < 4.78 is 0. The number of benzene rings is 1. The van der Waals surface area contributed by atoms with E-state index >= 15 is 0 Å². The summed E-state index contributed by atoms with van der Waals surface area (Å²) in [5.74, 6) is 0.853. The summed E-state index contributed by atoms with van der Waals surface area (Å²) in [5.41, 5.74) is 2.92. The highest BCUT2D eigenvalue weighted by molar-refractivity contribution is 5.94. The van der Waals surface area contributed by atoms with Crippen LogP contribution in [0.15, 0.2) is 29.4 Å². The molecular formula is C19H28N4O. The summed E-state index contributed by atoms with van der Waals surface area (Å²) >= 11 is 0. The van der Waals surface area contributed by atoms with Crippen LogP contribution in [-0.2, 0) is 0 Å². The molecule has 1 amide bonds. The van der Waals surface area contributed by atoms with E-state index in [-0.39, 0.29) is 5.91 Å². The van der Waals surface area contributed by atoms with Crippen molar-refractivity contribution in [2.24, 2.45) is 11.0 Å². The van der Waals surface area contributed by atoms with Gasteiger partial charge in [-0.2, -0.15) is 5.10 Å². The number of hydrazone groups is 1. The first kappa shape index (κ1) is 17.0. The lowest BCUT2D eigenvalue weighted by atomic mass is 9.99. The van der Waals surface area contributed by atoms with Crippen LogP contribution in [-0.4, -0.2) is 49.2 Å². The lowest BCUT2D eigenvalue weighted by molar-refractivity contribution is 0.0944. The van der Waals surface area contributed by atoms with Crippen molar-refractivity contribution in [3.63, 3.8) is 0 Å². The zero-order valence-electron chi connectivity index (χ0n) is 14.8. The highest BCUT2D eigenvalue weighted by atomic mass is 16.1. The van der Waals surface area contributed by atoms with E-state index in [1.165, 1.54) is 12.8 Å². The molecule has 1 saturated heterocycles. The Labute approximate surface area is 144 Å². The van der Waals surface area contributed by atoms with E-state index in [0.717, 1.165) is 49.9 Å². The predicted molar refractivity (Wildman–Crippen MR) is 98.7 cm³/mol. The van der Waals surface area contributed by atoms with Crippen molar-refractivity contribution in [1.82, 2.24) is 10.2 Å². The monoisotopic (exact) mass is 328 g/mol. The van der Waals surface area contributed by atoms with Gasteiger partial charge in [0.25, 0.3) is 5.91 Å². The summed E-state index contributed by atoms with van der Waals surface area (Å²) in [6.07, 6.45) is 3.55. The van der Waals surface area contributed by atoms with Crippen molar-refractivity contribution in [3.05, 3.63) is 29.8 Å². The number of anilines is 1. The fourth-order valence-corrected chi connectivity index (χ4v) is 3.26. The fourth-order valence-electron chi connectivity index (χ4n) is 3.26. The molecule has 1 aromatic carbocycles. The van der Waals surface area contributed by atoms with E-state index in [0.29, 0.717) is 12.1 Å². The molecule has 24 heavy (non-hydrogen) atoms. The molecule has 0 atom stereocenters. The van der Waals surface area contributed by atoms with Gasteiger partial charge in [0, 0.05) is 37.3 Å². The highest BCUT2D eigenvalue weighted by Gasteiger charge is 2.16. The van der Waals surface area contributed by atoms with Gasteiger partial charge in [0.15, 0.2) is 0 Å². The number of hydrogen-bond donors (Lipinski definition) is 1. The van der Waals surface area contributed by atoms with Gasteiger partial charge in [-0.25, -0.2) is 0 Å². The van der Waals surface area contributed by atoms with Gasteiger partial charge in [0.2, 0.25) is 0 Å². The average Bonchev–Trinajstić information content (AvgIpc) is 3.03. The Balaban J connectivity index is 1.45. The molecule has 1 fully saturated rings. The Morgan fingerprint density at radius 2 is 1.92 bits per heavy atom. The number of piperidine rings is 1. The second-order valence-corrected chi connectivity index (χ2v) is 7.04. The molecule has 3 rings (SSSR count). The standard InChI is InChI=1S/C19H28N4O/c1-15-7-11-22(12-8-15)14-10-20-19(24)17-3-5-18(6-4-17)23-13-9-16(2)21-23/h3-6,15H,7-14H2,1-2H3,(H,20,24). The summed E-state index contributed by atoms with van der Waals surface area (Å²) in [6, 6.07) is 7.72. The maximum atomic E-state index is 12.3. The number of rotatable bonds is 5. The molecule has 0 saturated carbocycles. The number of likely N-dealkylation sites (tertiary alicyclic amines) is 1. The zero-order chi connectivity index (χ0) is 16.9. The Hall–Kier alpha value is -1.88. The first-order valence-corrected chi connectivity index (χ1v) is 9.04. The van der Waals surface area contributed by atoms with Crippen molar-refractivity contribution < 1.29 is 4.79 Å². The van der Waals surface area contributed by atoms with E-state index in [9.17, 15) is 4.79 Å². The number of hydrogen-bond acceptors (Lipinski definition) is 4. The van der Waals surface area contributed by atoms with E-state index in [4.69, 9.17) is 0 Å². The molecule has 5 heteroatoms. The first-order chi connectivity index (χ1) is 11.6. The van der Waals surface area contributed by atoms with Crippen LogP contribution in [0, 0.1) is 5.92 Å². The minimum atomic E-state index is 0.00744. The van der Waals surface area contributed by atoms with Crippen molar-refractivity contribution in [1.29, 1.82) is 0 Å². The van der Waals surface area contributed by atoms with Gasteiger partial charge in [0.05, 0.1) is 5.69 Å². The maximum absolute atomic E-state index is 12.3. The largest absolute Gasteiger partial charge is 0.351 e. The SMILES string of the molecule is CC1=NN(c2ccc(C(=O)NCCN3CCC(C)CC3)cc2)CC1. The molecular weight excluding hydrogens is 300 g/mol. The van der Waals surface area contributed by atoms with Crippen LogP contribution < -0.4 is 10.3 Å². The molecule has 0 aromatic heterocycles. The van der Waals surface area contributed by atoms with E-state index in [2.05, 4.69) is 22.2 Å². The lowest BCUT2D eigenvalue weighted by Gasteiger charge is -2.30. The maximum Gasteiger partial charge on any atom is 0.251 e. The molecule has 0 bridgehead atoms. The predicted octanol–water partition coefficient (Wildman–Crippen LogP) is 2.73. The van der Waals surface area contributed by atoms with E-state index < -0.39 is 0 Å². The Morgan fingerprint density at radius 3 is 2.54 bits per heavy atom. The number of nitrogens with zero attached hydrogens (tertiary/aromatic N) is 3. The number of nitrogens with one attached hydrogen (secondary N) is 1. The van der Waals surface area contributed by atoms with Crippen LogP contribution in [0.1, 0.15) is 43.5 Å². The second-order valence-electron chi connectivity index (χ2n) is 7.04. The van der Waals surface area contributed by atoms with Crippen LogP contribution >= 0.6 is 0 Å². The van der Waals surface area contributed by atoms with Gasteiger partial charge in [-0.05, 0) is 63.0 Å². The first-order valence-electron chi connectivity index (χ1n) is 9.04. The highest BCUT2D eigenvalue weighted by Crippen LogP contribution is 2.20. The number of carbonyl (C=O) groups excluding carboxylic acids is 1. The van der Waals surface area contributed by atoms with Crippen LogP contribution in [0.25, 0.3) is 0 Å². The molecule has 1 N–H and O–H groups in total. The smallest absolute Gasteiger partial charge is 0.251 e. The minimum Gasteiger partial charge on any atom is -0.351 e. The molecule has 5 nitrogen and oxygen atoms in total. The van der Waals surface area contributed by atoms with Crippen LogP contribution in [0.2, 0.25) is 0 Å². The molecule has 1 aromatic rings. The second kappa shape index (κ2) is 7.79. The molecule has 0 unspecified atom stereocenters. The van der Waals surface area contributed by atoms with Gasteiger partial charge in [-0.3, -0.25) is 9.80 Å². The third kappa shape index (κ3) is 4.35. The van der Waals surface area contributed by atoms with Gasteiger partial charge in [-0.1, -0.05) is 6.92 Å². The van der Waals surface area contributed by atoms with Crippen molar-refractivity contribution in [2.45, 2.75) is 33.1 Å². The molecule has 0 spiro atoms. The molecule has 130 valence electrons. The summed E-state index contributed by atoms with van der Waals surface area (Å²) in [5, 5.41) is 9.51. The minimum absolute atomic E-state index is 0.00744. The van der Waals surface area contributed by atoms with Crippen molar-refractivity contribution in [2.75, 3.05) is 37.7 Å². The third-order valence-electron chi connectivity index (χ3n) is 4.99. The lowest BCUT2D eigenvalue weighted by Crippen LogP contribution is -2.39. The number of carbonyl (C=O) groups is 1. The van der Waals surface area contributed by atoms with Crippen molar-refractivity contribution >= 4 is 17.3 Å². The zero-order valence-corrected chi connectivity index (χ0v) is 14.8. The summed E-state index contributed by atoms with van der Waals surface area (Å²) in [4.78, 5) is 14.7. The molecule has 2 heterocycles. The van der Waals surface area contributed by atoms with E-state index in [1.54, 1.807) is 0 Å². The topological polar surface area (TPSA) is 47.9 Å². The van der Waals surface area contributed by atoms with Gasteiger partial charge < -0.3 is 10.2 Å². The molecule has 0 radical (unpaired) electrons. The van der Waals surface area contributed by atoms with E-state index in [1.807, 2.05) is 36.2 Å². The van der Waals surface area contributed by atoms with Gasteiger partial charge in [-0.15, -0.1) is 0 Å². The summed E-state index contributed by atoms with van der Waals surface area (Å²) in [7, 11) is 0. The molecule has 2 aliphatic rings. The quantitative estimate of drug-likeness (QED) is 0.904. The Morgan fingerprint density at radius 1 is 1.21 bits per heavy atom. The van der Waals surface area contributed by atoms with Crippen LogP contribution in [0.5, 0.6) is 0 Å².